The van der Waals surface area contributed by atoms with E-state index in [4.69, 9.17) is 27.9 Å². The van der Waals surface area contributed by atoms with Crippen molar-refractivity contribution in [2.75, 3.05) is 6.54 Å². The Balaban J connectivity index is 2.11. The minimum Gasteiger partial charge on any atom is -0.457 e. The van der Waals surface area contributed by atoms with Gasteiger partial charge in [0.15, 0.2) is 0 Å². The number of rotatable bonds is 6. The molecule has 0 saturated carbocycles. The molecule has 0 saturated heterocycles. The molecule has 0 bridgehead atoms. The third-order valence-electron chi connectivity index (χ3n) is 3.14. The average molecular weight is 324 g/mol. The standard InChI is InChI=1S/C17H19Cl2NO/c1-3-8-20-11-13-5-7-15(10-16(13)19)21-17-9-14(18)6-4-12(17)2/h4-7,9-10,20H,3,8,11H2,1-2H3. The molecule has 0 atom stereocenters. The SMILES string of the molecule is CCCNCc1ccc(Oc2cc(Cl)ccc2C)cc1Cl. The predicted molar refractivity (Wildman–Crippen MR) is 89.7 cm³/mol. The van der Waals surface area contributed by atoms with Crippen LogP contribution in [-0.4, -0.2) is 6.54 Å². The zero-order chi connectivity index (χ0) is 15.2. The molecule has 2 aromatic carbocycles. The molecule has 1 N–H and O–H groups in total. The number of nitrogens with one attached hydrogen (secondary N) is 1. The van der Waals surface area contributed by atoms with E-state index in [1.54, 1.807) is 0 Å². The van der Waals surface area contributed by atoms with Crippen molar-refractivity contribution in [2.24, 2.45) is 0 Å². The fourth-order valence-electron chi connectivity index (χ4n) is 1.95. The molecule has 0 aliphatic carbocycles. The van der Waals surface area contributed by atoms with Gasteiger partial charge in [-0.2, -0.15) is 0 Å². The van der Waals surface area contributed by atoms with Crippen molar-refractivity contribution in [3.05, 3.63) is 57.6 Å². The second-order valence-corrected chi connectivity index (χ2v) is 5.79. The van der Waals surface area contributed by atoms with Gasteiger partial charge in [-0.05, 0) is 55.3 Å². The van der Waals surface area contributed by atoms with E-state index in [1.807, 2.05) is 43.3 Å². The Morgan fingerprint density at radius 3 is 2.62 bits per heavy atom. The summed E-state index contributed by atoms with van der Waals surface area (Å²) in [5.74, 6) is 1.46. The Kier molecular flexibility index (Phi) is 5.92. The van der Waals surface area contributed by atoms with E-state index in [0.717, 1.165) is 36.4 Å². The summed E-state index contributed by atoms with van der Waals surface area (Å²) in [4.78, 5) is 0. The maximum Gasteiger partial charge on any atom is 0.131 e. The quantitative estimate of drug-likeness (QED) is 0.699. The van der Waals surface area contributed by atoms with Crippen molar-refractivity contribution in [1.29, 1.82) is 0 Å². The van der Waals surface area contributed by atoms with E-state index in [-0.39, 0.29) is 0 Å². The van der Waals surface area contributed by atoms with Gasteiger partial charge in [-0.15, -0.1) is 0 Å². The topological polar surface area (TPSA) is 21.3 Å². The van der Waals surface area contributed by atoms with Crippen LogP contribution in [0, 0.1) is 6.92 Å². The number of hydrogen-bond acceptors (Lipinski definition) is 2. The third-order valence-corrected chi connectivity index (χ3v) is 3.73. The van der Waals surface area contributed by atoms with Crippen LogP contribution in [0.1, 0.15) is 24.5 Å². The van der Waals surface area contributed by atoms with Gasteiger partial charge in [0.05, 0.1) is 0 Å². The lowest BCUT2D eigenvalue weighted by molar-refractivity contribution is 0.478. The van der Waals surface area contributed by atoms with Gasteiger partial charge in [-0.25, -0.2) is 0 Å². The van der Waals surface area contributed by atoms with E-state index < -0.39 is 0 Å². The molecule has 0 heterocycles. The molecule has 21 heavy (non-hydrogen) atoms. The Labute approximate surface area is 136 Å². The summed E-state index contributed by atoms with van der Waals surface area (Å²) < 4.78 is 5.86. The molecule has 0 aliphatic rings. The second kappa shape index (κ2) is 7.69. The lowest BCUT2D eigenvalue weighted by Gasteiger charge is -2.11. The van der Waals surface area contributed by atoms with Gasteiger partial charge in [0.1, 0.15) is 11.5 Å². The number of hydrogen-bond donors (Lipinski definition) is 1. The van der Waals surface area contributed by atoms with Gasteiger partial charge in [-0.3, -0.25) is 0 Å². The normalized spacial score (nSPS) is 10.7. The van der Waals surface area contributed by atoms with Gasteiger partial charge < -0.3 is 10.1 Å². The zero-order valence-corrected chi connectivity index (χ0v) is 13.8. The van der Waals surface area contributed by atoms with Crippen molar-refractivity contribution >= 4 is 23.2 Å². The van der Waals surface area contributed by atoms with Gasteiger partial charge in [0.2, 0.25) is 0 Å². The first-order valence-electron chi connectivity index (χ1n) is 7.03. The number of ether oxygens (including phenoxy) is 1. The summed E-state index contributed by atoms with van der Waals surface area (Å²) in [6.45, 7) is 5.87. The lowest BCUT2D eigenvalue weighted by Crippen LogP contribution is -2.13. The highest BCUT2D eigenvalue weighted by atomic mass is 35.5. The van der Waals surface area contributed by atoms with Crippen molar-refractivity contribution in [3.8, 4) is 11.5 Å². The van der Waals surface area contributed by atoms with Crippen LogP contribution >= 0.6 is 23.2 Å². The van der Waals surface area contributed by atoms with Crippen LogP contribution in [0.5, 0.6) is 11.5 Å². The largest absolute Gasteiger partial charge is 0.457 e. The molecule has 0 aliphatic heterocycles. The molecule has 0 radical (unpaired) electrons. The summed E-state index contributed by atoms with van der Waals surface area (Å²) in [6, 6.07) is 11.3. The highest BCUT2D eigenvalue weighted by Gasteiger charge is 2.06. The summed E-state index contributed by atoms with van der Waals surface area (Å²) in [5.41, 5.74) is 2.10. The first-order chi connectivity index (χ1) is 10.1. The van der Waals surface area contributed by atoms with Gasteiger partial charge >= 0.3 is 0 Å². The fourth-order valence-corrected chi connectivity index (χ4v) is 2.35. The minimum atomic E-state index is 0.655. The van der Waals surface area contributed by atoms with Gasteiger partial charge in [0.25, 0.3) is 0 Å². The summed E-state index contributed by atoms with van der Waals surface area (Å²) >= 11 is 12.3. The Morgan fingerprint density at radius 1 is 1.10 bits per heavy atom. The molecule has 0 fully saturated rings. The van der Waals surface area contributed by atoms with Crippen molar-refractivity contribution in [1.82, 2.24) is 5.32 Å². The molecule has 0 aromatic heterocycles. The second-order valence-electron chi connectivity index (χ2n) is 4.94. The molecule has 2 nitrogen and oxygen atoms in total. The maximum atomic E-state index is 6.30. The molecule has 4 heteroatoms. The highest BCUT2D eigenvalue weighted by molar-refractivity contribution is 6.31. The molecule has 0 spiro atoms. The van der Waals surface area contributed by atoms with Crippen LogP contribution in [0.4, 0.5) is 0 Å². The molecule has 2 rings (SSSR count). The van der Waals surface area contributed by atoms with E-state index in [0.29, 0.717) is 15.8 Å². The fraction of sp³-hybridized carbons (Fsp3) is 0.294. The molecule has 2 aromatic rings. The van der Waals surface area contributed by atoms with Crippen LogP contribution < -0.4 is 10.1 Å². The zero-order valence-electron chi connectivity index (χ0n) is 12.2. The molecule has 112 valence electrons. The smallest absolute Gasteiger partial charge is 0.131 e. The van der Waals surface area contributed by atoms with E-state index >= 15 is 0 Å². The number of benzene rings is 2. The van der Waals surface area contributed by atoms with Gasteiger partial charge in [0, 0.05) is 16.6 Å². The van der Waals surface area contributed by atoms with Crippen LogP contribution in [0.3, 0.4) is 0 Å². The highest BCUT2D eigenvalue weighted by Crippen LogP contribution is 2.30. The maximum absolute atomic E-state index is 6.30. The van der Waals surface area contributed by atoms with E-state index in [2.05, 4.69) is 12.2 Å². The van der Waals surface area contributed by atoms with Crippen molar-refractivity contribution in [3.63, 3.8) is 0 Å². The van der Waals surface area contributed by atoms with Crippen LogP contribution in [-0.2, 0) is 6.54 Å². The molecule has 0 unspecified atom stereocenters. The lowest BCUT2D eigenvalue weighted by atomic mass is 10.2. The number of halogens is 2. The van der Waals surface area contributed by atoms with Crippen molar-refractivity contribution in [2.45, 2.75) is 26.8 Å². The monoisotopic (exact) mass is 323 g/mol. The van der Waals surface area contributed by atoms with E-state index in [1.165, 1.54) is 0 Å². The summed E-state index contributed by atoms with van der Waals surface area (Å²) in [7, 11) is 0. The molecular weight excluding hydrogens is 305 g/mol. The summed E-state index contributed by atoms with van der Waals surface area (Å²) in [6.07, 6.45) is 1.10. The summed E-state index contributed by atoms with van der Waals surface area (Å²) in [5, 5.41) is 4.69. The van der Waals surface area contributed by atoms with E-state index in [9.17, 15) is 0 Å². The Morgan fingerprint density at radius 2 is 1.90 bits per heavy atom. The van der Waals surface area contributed by atoms with Crippen LogP contribution in [0.25, 0.3) is 0 Å². The first kappa shape index (κ1) is 16.2. The number of aryl methyl sites for hydroxylation is 1. The molecule has 0 amide bonds. The average Bonchev–Trinajstić information content (AvgIpc) is 2.45. The third kappa shape index (κ3) is 4.63. The van der Waals surface area contributed by atoms with Crippen LogP contribution in [0.2, 0.25) is 10.0 Å². The Bertz CT molecular complexity index is 614. The van der Waals surface area contributed by atoms with Crippen LogP contribution in [0.15, 0.2) is 36.4 Å². The van der Waals surface area contributed by atoms with Gasteiger partial charge in [-0.1, -0.05) is 42.3 Å². The van der Waals surface area contributed by atoms with Crippen molar-refractivity contribution < 1.29 is 4.74 Å². The first-order valence-corrected chi connectivity index (χ1v) is 7.79. The predicted octanol–water partition coefficient (Wildman–Crippen LogP) is 5.59. The molecular formula is C17H19Cl2NO. The minimum absolute atomic E-state index is 0.655. The Hall–Kier alpha value is -1.22.